The summed E-state index contributed by atoms with van der Waals surface area (Å²) < 4.78 is 17.7. The van der Waals surface area contributed by atoms with Crippen molar-refractivity contribution in [2.45, 2.75) is 24.3 Å². The van der Waals surface area contributed by atoms with Gasteiger partial charge in [-0.25, -0.2) is 4.39 Å². The molecule has 7 nitrogen and oxygen atoms in total. The van der Waals surface area contributed by atoms with Gasteiger partial charge in [-0.1, -0.05) is 60.7 Å². The summed E-state index contributed by atoms with van der Waals surface area (Å²) in [5.41, 5.74) is 4.36. The van der Waals surface area contributed by atoms with E-state index in [2.05, 4.69) is 27.3 Å². The molecule has 0 bridgehead atoms. The van der Waals surface area contributed by atoms with Gasteiger partial charge in [-0.3, -0.25) is 0 Å². The first-order valence-corrected chi connectivity index (χ1v) is 15.0. The Hall–Kier alpha value is -4.78. The number of halogens is 1. The van der Waals surface area contributed by atoms with E-state index in [-0.39, 0.29) is 17.9 Å². The van der Waals surface area contributed by atoms with Crippen LogP contribution in [-0.4, -0.2) is 58.7 Å². The molecule has 0 unspecified atom stereocenters. The number of nitriles is 1. The van der Waals surface area contributed by atoms with Gasteiger partial charge < -0.3 is 30.0 Å². The number of nitrogens with zero attached hydrogens (tertiary/aromatic N) is 3. The maximum atomic E-state index is 13.6. The molecule has 0 amide bonds. The number of nitrogens with one attached hydrogen (secondary N) is 2. The van der Waals surface area contributed by atoms with Gasteiger partial charge in [0, 0.05) is 36.5 Å². The molecule has 4 aromatic carbocycles. The first kappa shape index (κ1) is 31.6. The topological polar surface area (TPSA) is 98.2 Å². The van der Waals surface area contributed by atoms with E-state index in [0.29, 0.717) is 18.7 Å². The fourth-order valence-electron chi connectivity index (χ4n) is 5.95. The number of fused-ring (bicyclic) bond motifs is 2. The third-order valence-electron chi connectivity index (χ3n) is 7.96. The van der Waals surface area contributed by atoms with Crippen LogP contribution in [-0.2, 0) is 0 Å². The molecule has 8 heteroatoms. The van der Waals surface area contributed by atoms with Crippen LogP contribution in [0, 0.1) is 17.1 Å². The zero-order valence-electron chi connectivity index (χ0n) is 25.4. The zero-order chi connectivity index (χ0) is 31.8. The average Bonchev–Trinajstić information content (AvgIpc) is 3.67. The van der Waals surface area contributed by atoms with Crippen molar-refractivity contribution in [1.29, 1.82) is 5.26 Å². The number of aliphatic hydroxyl groups excluding tert-OH is 2. The smallest absolute Gasteiger partial charge is 0.123 e. The van der Waals surface area contributed by atoms with Crippen molar-refractivity contribution in [2.75, 3.05) is 27.2 Å². The highest BCUT2D eigenvalue weighted by atomic mass is 19.1. The molecule has 0 fully saturated rings. The SMILES string of the molecule is CNC[C@@H](O)[C@H](c1cccc(C#N)c1)n1ccc2ccccc21.CNC[C@@H](O)[C@H](c1cccc(F)c1)n1ccc2ccccc21. The molecule has 2 aromatic heterocycles. The Morgan fingerprint density at radius 2 is 1.16 bits per heavy atom. The summed E-state index contributed by atoms with van der Waals surface area (Å²) in [6.07, 6.45) is 2.67. The molecular weight excluding hydrogens is 565 g/mol. The highest BCUT2D eigenvalue weighted by Crippen LogP contribution is 2.30. The monoisotopic (exact) mass is 603 g/mol. The predicted octanol–water partition coefficient (Wildman–Crippen LogP) is 5.63. The normalized spacial score (nSPS) is 13.9. The first-order valence-electron chi connectivity index (χ1n) is 15.0. The molecule has 4 atom stereocenters. The number of para-hydroxylation sites is 2. The molecule has 6 rings (SSSR count). The lowest BCUT2D eigenvalue weighted by atomic mass is 9.99. The zero-order valence-corrected chi connectivity index (χ0v) is 25.4. The summed E-state index contributed by atoms with van der Waals surface area (Å²) in [5, 5.41) is 38.7. The van der Waals surface area contributed by atoms with Crippen molar-refractivity contribution >= 4 is 21.8 Å². The number of likely N-dealkylation sites (N-methyl/N-ethyl adjacent to an activating group) is 2. The predicted molar refractivity (Wildman–Crippen MR) is 178 cm³/mol. The lowest BCUT2D eigenvalue weighted by Gasteiger charge is -2.26. The highest BCUT2D eigenvalue weighted by Gasteiger charge is 2.25. The Kier molecular flexibility index (Phi) is 10.4. The fraction of sp³-hybridized carbons (Fsp3) is 0.216. The minimum absolute atomic E-state index is 0.254. The summed E-state index contributed by atoms with van der Waals surface area (Å²) in [4.78, 5) is 0. The largest absolute Gasteiger partial charge is 0.389 e. The van der Waals surface area contributed by atoms with E-state index >= 15 is 0 Å². The molecule has 4 N–H and O–H groups in total. The Balaban J connectivity index is 0.000000178. The Morgan fingerprint density at radius 1 is 0.667 bits per heavy atom. The minimum Gasteiger partial charge on any atom is -0.389 e. The van der Waals surface area contributed by atoms with Crippen LogP contribution >= 0.6 is 0 Å². The minimum atomic E-state index is -0.664. The molecule has 45 heavy (non-hydrogen) atoms. The van der Waals surface area contributed by atoms with Crippen molar-refractivity contribution in [2.24, 2.45) is 0 Å². The molecule has 0 aliphatic rings. The van der Waals surface area contributed by atoms with Gasteiger partial charge in [0.15, 0.2) is 0 Å². The van der Waals surface area contributed by atoms with Crippen molar-refractivity contribution in [3.63, 3.8) is 0 Å². The van der Waals surface area contributed by atoms with Gasteiger partial charge >= 0.3 is 0 Å². The molecular formula is C37H38FN5O2. The van der Waals surface area contributed by atoms with E-state index in [4.69, 9.17) is 5.26 Å². The highest BCUT2D eigenvalue weighted by molar-refractivity contribution is 5.81. The van der Waals surface area contributed by atoms with Crippen molar-refractivity contribution in [3.05, 3.63) is 144 Å². The molecule has 0 aliphatic heterocycles. The van der Waals surface area contributed by atoms with Crippen molar-refractivity contribution < 1.29 is 14.6 Å². The number of aliphatic hydroxyl groups is 2. The number of hydrogen-bond donors (Lipinski definition) is 4. The quantitative estimate of drug-likeness (QED) is 0.163. The molecule has 0 saturated carbocycles. The maximum absolute atomic E-state index is 13.6. The third-order valence-corrected chi connectivity index (χ3v) is 7.96. The van der Waals surface area contributed by atoms with Crippen molar-refractivity contribution in [3.8, 4) is 6.07 Å². The summed E-state index contributed by atoms with van der Waals surface area (Å²) in [7, 11) is 3.61. The van der Waals surface area contributed by atoms with Gasteiger partial charge in [-0.05, 0) is 84.5 Å². The summed E-state index contributed by atoms with van der Waals surface area (Å²) in [5.74, 6) is -0.296. The van der Waals surface area contributed by atoms with E-state index in [1.54, 1.807) is 19.2 Å². The van der Waals surface area contributed by atoms with Gasteiger partial charge in [0.05, 0.1) is 35.9 Å². The van der Waals surface area contributed by atoms with Crippen LogP contribution in [0.1, 0.15) is 28.8 Å². The Bertz CT molecular complexity index is 1890. The van der Waals surface area contributed by atoms with Crippen LogP contribution < -0.4 is 10.6 Å². The lowest BCUT2D eigenvalue weighted by Crippen LogP contribution is -2.33. The number of aromatic nitrogens is 2. The lowest BCUT2D eigenvalue weighted by molar-refractivity contribution is 0.132. The van der Waals surface area contributed by atoms with Gasteiger partial charge in [0.1, 0.15) is 5.82 Å². The van der Waals surface area contributed by atoms with E-state index < -0.39 is 12.2 Å². The van der Waals surface area contributed by atoms with Gasteiger partial charge in [0.2, 0.25) is 0 Å². The molecule has 0 saturated heterocycles. The second-order valence-electron chi connectivity index (χ2n) is 11.0. The number of hydrogen-bond acceptors (Lipinski definition) is 5. The van der Waals surface area contributed by atoms with Crippen LogP contribution in [0.4, 0.5) is 4.39 Å². The maximum Gasteiger partial charge on any atom is 0.123 e. The second kappa shape index (κ2) is 14.8. The average molecular weight is 604 g/mol. The van der Waals surface area contributed by atoms with Gasteiger partial charge in [-0.2, -0.15) is 5.26 Å². The number of rotatable bonds is 10. The summed E-state index contributed by atoms with van der Waals surface area (Å²) >= 11 is 0. The second-order valence-corrected chi connectivity index (χ2v) is 11.0. The summed E-state index contributed by atoms with van der Waals surface area (Å²) in [6.45, 7) is 0.891. The molecule has 0 aliphatic carbocycles. The van der Waals surface area contributed by atoms with Crippen LogP contribution in [0.5, 0.6) is 0 Å². The molecule has 230 valence electrons. The van der Waals surface area contributed by atoms with Crippen LogP contribution in [0.25, 0.3) is 21.8 Å². The number of benzene rings is 4. The van der Waals surface area contributed by atoms with E-state index in [1.165, 1.54) is 12.1 Å². The van der Waals surface area contributed by atoms with E-state index in [0.717, 1.165) is 32.9 Å². The van der Waals surface area contributed by atoms with Crippen molar-refractivity contribution in [1.82, 2.24) is 19.8 Å². The molecule has 0 spiro atoms. The van der Waals surface area contributed by atoms with E-state index in [1.807, 2.05) is 103 Å². The van der Waals surface area contributed by atoms with Gasteiger partial charge in [-0.15, -0.1) is 0 Å². The Labute approximate surface area is 262 Å². The van der Waals surface area contributed by atoms with Crippen LogP contribution in [0.2, 0.25) is 0 Å². The van der Waals surface area contributed by atoms with Gasteiger partial charge in [0.25, 0.3) is 0 Å². The third kappa shape index (κ3) is 7.14. The molecule has 2 heterocycles. The van der Waals surface area contributed by atoms with E-state index in [9.17, 15) is 14.6 Å². The molecule has 6 aromatic rings. The summed E-state index contributed by atoms with van der Waals surface area (Å²) in [6, 6.07) is 35.6. The Morgan fingerprint density at radius 3 is 1.64 bits per heavy atom. The first-order chi connectivity index (χ1) is 21.9. The standard InChI is InChI=1S/C19H19N3O.C18H19FN2O/c1-21-13-18(23)19(16-7-4-5-14(11-16)12-20)22-10-9-15-6-2-3-8-17(15)22;1-20-12-17(22)18(14-6-4-7-15(19)11-14)21-10-9-13-5-2-3-8-16(13)21/h2-11,18-19,21,23H,13H2,1H3;2-11,17-18,20,22H,12H2,1H3/t18-,19+;17-,18+/m11/s1. The van der Waals surface area contributed by atoms with Crippen LogP contribution in [0.3, 0.4) is 0 Å². The van der Waals surface area contributed by atoms with Crippen LogP contribution in [0.15, 0.2) is 122 Å². The fourth-order valence-corrected chi connectivity index (χ4v) is 5.95. The molecule has 0 radical (unpaired) electrons.